The summed E-state index contributed by atoms with van der Waals surface area (Å²) in [5.41, 5.74) is 4.78. The van der Waals surface area contributed by atoms with Crippen LogP contribution in [0.5, 0.6) is 0 Å². The molecule has 0 aromatic heterocycles. The molecule has 1 saturated carbocycles. The van der Waals surface area contributed by atoms with Gasteiger partial charge in [-0.1, -0.05) is 0 Å². The Hall–Kier alpha value is -1.30. The molecule has 1 rings (SSSR count). The summed E-state index contributed by atoms with van der Waals surface area (Å²) in [6.45, 7) is 5.54. The molecule has 0 atom stereocenters. The standard InChI is InChI=1S/C13H25N3O3/c1-13(2,3)19-12(18)16-10-6-4-9(5-7-10)15-11(17)8-14/h9-10H,4-8,14H2,1-3H3,(H,15,17)(H,16,18). The lowest BCUT2D eigenvalue weighted by atomic mass is 9.91. The molecule has 2 amide bonds. The maximum absolute atomic E-state index is 11.6. The van der Waals surface area contributed by atoms with E-state index in [-0.39, 0.29) is 30.6 Å². The molecular weight excluding hydrogens is 246 g/mol. The second-order valence-electron chi connectivity index (χ2n) is 5.97. The molecule has 19 heavy (non-hydrogen) atoms. The molecule has 0 unspecified atom stereocenters. The first kappa shape index (κ1) is 15.8. The van der Waals surface area contributed by atoms with Crippen LogP contribution in [-0.4, -0.2) is 36.2 Å². The van der Waals surface area contributed by atoms with E-state index in [9.17, 15) is 9.59 Å². The van der Waals surface area contributed by atoms with Crippen molar-refractivity contribution in [2.75, 3.05) is 6.54 Å². The second kappa shape index (κ2) is 6.75. The highest BCUT2D eigenvalue weighted by atomic mass is 16.6. The lowest BCUT2D eigenvalue weighted by Crippen LogP contribution is -2.46. The number of nitrogens with two attached hydrogens (primary N) is 1. The van der Waals surface area contributed by atoms with Crippen molar-refractivity contribution < 1.29 is 14.3 Å². The summed E-state index contributed by atoms with van der Waals surface area (Å²) in [5, 5.41) is 5.74. The number of carbonyl (C=O) groups excluding carboxylic acids is 2. The molecule has 110 valence electrons. The van der Waals surface area contributed by atoms with Crippen LogP contribution in [0.2, 0.25) is 0 Å². The molecule has 1 aliphatic rings. The number of rotatable bonds is 3. The summed E-state index contributed by atoms with van der Waals surface area (Å²) in [5.74, 6) is -0.122. The molecule has 0 spiro atoms. The highest BCUT2D eigenvalue weighted by molar-refractivity contribution is 5.78. The largest absolute Gasteiger partial charge is 0.444 e. The van der Waals surface area contributed by atoms with Crippen molar-refractivity contribution in [2.24, 2.45) is 5.73 Å². The molecule has 0 heterocycles. The van der Waals surface area contributed by atoms with Crippen LogP contribution in [-0.2, 0) is 9.53 Å². The van der Waals surface area contributed by atoms with Gasteiger partial charge in [-0.25, -0.2) is 4.79 Å². The van der Waals surface area contributed by atoms with E-state index < -0.39 is 5.60 Å². The van der Waals surface area contributed by atoms with E-state index in [2.05, 4.69) is 10.6 Å². The fraction of sp³-hybridized carbons (Fsp3) is 0.846. The van der Waals surface area contributed by atoms with Gasteiger partial charge in [-0.2, -0.15) is 0 Å². The normalized spacial score (nSPS) is 23.6. The molecule has 1 aliphatic carbocycles. The Morgan fingerprint density at radius 3 is 2.00 bits per heavy atom. The van der Waals surface area contributed by atoms with Crippen molar-refractivity contribution in [3.8, 4) is 0 Å². The predicted octanol–water partition coefficient (Wildman–Crippen LogP) is 0.897. The molecule has 0 saturated heterocycles. The number of alkyl carbamates (subject to hydrolysis) is 1. The Kier molecular flexibility index (Phi) is 5.60. The van der Waals surface area contributed by atoms with Gasteiger partial charge in [0.2, 0.25) is 5.91 Å². The topological polar surface area (TPSA) is 93.5 Å². The van der Waals surface area contributed by atoms with Crippen LogP contribution in [0, 0.1) is 0 Å². The van der Waals surface area contributed by atoms with Crippen LogP contribution < -0.4 is 16.4 Å². The Labute approximate surface area is 114 Å². The van der Waals surface area contributed by atoms with Crippen molar-refractivity contribution >= 4 is 12.0 Å². The van der Waals surface area contributed by atoms with E-state index in [4.69, 9.17) is 10.5 Å². The third-order valence-corrected chi connectivity index (χ3v) is 3.00. The molecule has 6 nitrogen and oxygen atoms in total. The van der Waals surface area contributed by atoms with Gasteiger partial charge in [-0.3, -0.25) is 4.79 Å². The summed E-state index contributed by atoms with van der Waals surface area (Å²) in [7, 11) is 0. The van der Waals surface area contributed by atoms with Crippen LogP contribution in [0.1, 0.15) is 46.5 Å². The van der Waals surface area contributed by atoms with E-state index in [0.29, 0.717) is 0 Å². The Morgan fingerprint density at radius 2 is 1.58 bits per heavy atom. The lowest BCUT2D eigenvalue weighted by molar-refractivity contribution is -0.120. The van der Waals surface area contributed by atoms with E-state index >= 15 is 0 Å². The van der Waals surface area contributed by atoms with Crippen molar-refractivity contribution in [1.82, 2.24) is 10.6 Å². The zero-order valence-electron chi connectivity index (χ0n) is 12.0. The van der Waals surface area contributed by atoms with Gasteiger partial charge in [0.1, 0.15) is 5.60 Å². The van der Waals surface area contributed by atoms with Gasteiger partial charge in [0.25, 0.3) is 0 Å². The summed E-state index contributed by atoms with van der Waals surface area (Å²) in [4.78, 5) is 22.8. The van der Waals surface area contributed by atoms with Crippen LogP contribution in [0.25, 0.3) is 0 Å². The van der Waals surface area contributed by atoms with Gasteiger partial charge >= 0.3 is 6.09 Å². The van der Waals surface area contributed by atoms with E-state index in [1.807, 2.05) is 20.8 Å². The maximum atomic E-state index is 11.6. The van der Waals surface area contributed by atoms with Crippen LogP contribution in [0.15, 0.2) is 0 Å². The Bertz CT molecular complexity index is 318. The molecule has 0 bridgehead atoms. The number of hydrogen-bond donors (Lipinski definition) is 3. The minimum atomic E-state index is -0.476. The van der Waals surface area contributed by atoms with Crippen molar-refractivity contribution in [3.05, 3.63) is 0 Å². The molecule has 0 aromatic rings. The summed E-state index contributed by atoms with van der Waals surface area (Å²) in [6, 6.07) is 0.300. The van der Waals surface area contributed by atoms with Gasteiger partial charge in [-0.15, -0.1) is 0 Å². The fourth-order valence-corrected chi connectivity index (χ4v) is 2.14. The molecule has 4 N–H and O–H groups in total. The SMILES string of the molecule is CC(C)(C)OC(=O)NC1CCC(NC(=O)CN)CC1. The Morgan fingerprint density at radius 1 is 1.11 bits per heavy atom. The minimum Gasteiger partial charge on any atom is -0.444 e. The highest BCUT2D eigenvalue weighted by Crippen LogP contribution is 2.19. The maximum Gasteiger partial charge on any atom is 0.407 e. The first-order chi connectivity index (χ1) is 8.80. The molecular formula is C13H25N3O3. The van der Waals surface area contributed by atoms with Crippen molar-refractivity contribution in [3.63, 3.8) is 0 Å². The average molecular weight is 271 g/mol. The van der Waals surface area contributed by atoms with Crippen molar-refractivity contribution in [1.29, 1.82) is 0 Å². The molecule has 6 heteroatoms. The quantitative estimate of drug-likeness (QED) is 0.711. The number of carbonyl (C=O) groups is 2. The van der Waals surface area contributed by atoms with E-state index in [0.717, 1.165) is 25.7 Å². The third-order valence-electron chi connectivity index (χ3n) is 3.00. The van der Waals surface area contributed by atoms with Crippen LogP contribution in [0.3, 0.4) is 0 Å². The zero-order chi connectivity index (χ0) is 14.5. The average Bonchev–Trinajstić information content (AvgIpc) is 2.29. The first-order valence-electron chi connectivity index (χ1n) is 6.79. The predicted molar refractivity (Wildman–Crippen MR) is 72.6 cm³/mol. The summed E-state index contributed by atoms with van der Waals surface area (Å²) < 4.78 is 5.21. The summed E-state index contributed by atoms with van der Waals surface area (Å²) in [6.07, 6.45) is 3.02. The van der Waals surface area contributed by atoms with Crippen molar-refractivity contribution in [2.45, 2.75) is 64.1 Å². The monoisotopic (exact) mass is 271 g/mol. The van der Waals surface area contributed by atoms with Gasteiger partial charge in [-0.05, 0) is 46.5 Å². The van der Waals surface area contributed by atoms with E-state index in [1.165, 1.54) is 0 Å². The minimum absolute atomic E-state index is 0.0239. The second-order valence-corrected chi connectivity index (χ2v) is 5.97. The fourth-order valence-electron chi connectivity index (χ4n) is 2.14. The number of amides is 2. The van der Waals surface area contributed by atoms with Gasteiger partial charge < -0.3 is 21.1 Å². The van der Waals surface area contributed by atoms with Gasteiger partial charge in [0, 0.05) is 12.1 Å². The lowest BCUT2D eigenvalue weighted by Gasteiger charge is -2.30. The Balaban J connectivity index is 2.26. The van der Waals surface area contributed by atoms with Crippen LogP contribution in [0.4, 0.5) is 4.79 Å². The zero-order valence-corrected chi connectivity index (χ0v) is 12.0. The smallest absolute Gasteiger partial charge is 0.407 e. The number of ether oxygens (including phenoxy) is 1. The third kappa shape index (κ3) is 6.42. The number of nitrogens with one attached hydrogen (secondary N) is 2. The van der Waals surface area contributed by atoms with Gasteiger partial charge in [0.05, 0.1) is 6.54 Å². The first-order valence-corrected chi connectivity index (χ1v) is 6.79. The molecule has 0 aromatic carbocycles. The van der Waals surface area contributed by atoms with Gasteiger partial charge in [0.15, 0.2) is 0 Å². The molecule has 1 fully saturated rings. The summed E-state index contributed by atoms with van der Waals surface area (Å²) >= 11 is 0. The molecule has 0 aliphatic heterocycles. The van der Waals surface area contributed by atoms with E-state index in [1.54, 1.807) is 0 Å². The number of hydrogen-bond acceptors (Lipinski definition) is 4. The highest BCUT2D eigenvalue weighted by Gasteiger charge is 2.25. The van der Waals surface area contributed by atoms with Crippen LogP contribution >= 0.6 is 0 Å². The molecule has 0 radical (unpaired) electrons.